The smallest absolute Gasteiger partial charge is 0.0278 e. The second-order valence-corrected chi connectivity index (χ2v) is 5.67. The summed E-state index contributed by atoms with van der Waals surface area (Å²) in [6.45, 7) is 10.7. The van der Waals surface area contributed by atoms with E-state index in [9.17, 15) is 0 Å². The highest BCUT2D eigenvalue weighted by atomic mass is 15.3. The molecule has 1 N–H and O–H groups in total. The molecule has 1 aliphatic carbocycles. The predicted octanol–water partition coefficient (Wildman–Crippen LogP) is 2.25. The van der Waals surface area contributed by atoms with Crippen molar-refractivity contribution in [2.75, 3.05) is 19.6 Å². The lowest BCUT2D eigenvalue weighted by Gasteiger charge is -2.46. The first-order chi connectivity index (χ1) is 7.18. The Kier molecular flexibility index (Phi) is 3.36. The lowest BCUT2D eigenvalue weighted by atomic mass is 9.92. The predicted molar refractivity (Wildman–Crippen MR) is 65.1 cm³/mol. The summed E-state index contributed by atoms with van der Waals surface area (Å²) in [5, 5.41) is 3.76. The fourth-order valence-corrected chi connectivity index (χ4v) is 2.82. The minimum absolute atomic E-state index is 0.362. The number of nitrogens with zero attached hydrogens (tertiary/aromatic N) is 1. The number of hydrogen-bond acceptors (Lipinski definition) is 2. The Morgan fingerprint density at radius 1 is 1.33 bits per heavy atom. The van der Waals surface area contributed by atoms with Crippen LogP contribution in [0.25, 0.3) is 0 Å². The molecular formula is C13H26N2. The van der Waals surface area contributed by atoms with E-state index in [0.29, 0.717) is 5.54 Å². The Morgan fingerprint density at radius 3 is 2.60 bits per heavy atom. The van der Waals surface area contributed by atoms with E-state index in [0.717, 1.165) is 12.0 Å². The molecule has 88 valence electrons. The van der Waals surface area contributed by atoms with Gasteiger partial charge in [-0.3, -0.25) is 4.90 Å². The third-order valence-electron chi connectivity index (χ3n) is 4.22. The van der Waals surface area contributed by atoms with Gasteiger partial charge >= 0.3 is 0 Å². The van der Waals surface area contributed by atoms with E-state index >= 15 is 0 Å². The highest BCUT2D eigenvalue weighted by Crippen LogP contribution is 2.37. The maximum atomic E-state index is 3.76. The first-order valence-corrected chi connectivity index (χ1v) is 6.67. The van der Waals surface area contributed by atoms with E-state index in [-0.39, 0.29) is 0 Å². The monoisotopic (exact) mass is 210 g/mol. The van der Waals surface area contributed by atoms with Gasteiger partial charge in [0.25, 0.3) is 0 Å². The van der Waals surface area contributed by atoms with Gasteiger partial charge < -0.3 is 5.32 Å². The summed E-state index contributed by atoms with van der Waals surface area (Å²) in [6, 6.07) is 0.838. The Labute approximate surface area is 94.4 Å². The van der Waals surface area contributed by atoms with Gasteiger partial charge in [0.1, 0.15) is 0 Å². The summed E-state index contributed by atoms with van der Waals surface area (Å²) in [6.07, 6.45) is 5.47. The SMILES string of the molecule is CCCN1CC(C)(CC)NCC1C1CC1. The van der Waals surface area contributed by atoms with Crippen LogP contribution in [-0.4, -0.2) is 36.1 Å². The van der Waals surface area contributed by atoms with Crippen LogP contribution in [0, 0.1) is 5.92 Å². The van der Waals surface area contributed by atoms with E-state index in [1.54, 1.807) is 0 Å². The van der Waals surface area contributed by atoms with Crippen LogP contribution in [0.1, 0.15) is 46.5 Å². The van der Waals surface area contributed by atoms with Gasteiger partial charge in [0.15, 0.2) is 0 Å². The van der Waals surface area contributed by atoms with Crippen LogP contribution in [0.2, 0.25) is 0 Å². The molecule has 2 fully saturated rings. The molecule has 0 radical (unpaired) electrons. The van der Waals surface area contributed by atoms with E-state index in [1.807, 2.05) is 0 Å². The maximum absolute atomic E-state index is 3.76. The van der Waals surface area contributed by atoms with Crippen molar-refractivity contribution in [3.8, 4) is 0 Å². The molecule has 15 heavy (non-hydrogen) atoms. The van der Waals surface area contributed by atoms with Crippen molar-refractivity contribution in [2.45, 2.75) is 58.0 Å². The minimum Gasteiger partial charge on any atom is -0.309 e. The van der Waals surface area contributed by atoms with Crippen molar-refractivity contribution >= 4 is 0 Å². The summed E-state index contributed by atoms with van der Waals surface area (Å²) in [7, 11) is 0. The molecule has 1 saturated heterocycles. The van der Waals surface area contributed by atoms with E-state index in [4.69, 9.17) is 0 Å². The molecule has 2 aliphatic rings. The summed E-state index contributed by atoms with van der Waals surface area (Å²) < 4.78 is 0. The average molecular weight is 210 g/mol. The second-order valence-electron chi connectivity index (χ2n) is 5.67. The van der Waals surface area contributed by atoms with Gasteiger partial charge in [-0.1, -0.05) is 13.8 Å². The molecule has 1 aliphatic heterocycles. The fourth-order valence-electron chi connectivity index (χ4n) is 2.82. The first-order valence-electron chi connectivity index (χ1n) is 6.67. The zero-order valence-electron chi connectivity index (χ0n) is 10.6. The minimum atomic E-state index is 0.362. The van der Waals surface area contributed by atoms with Crippen LogP contribution in [0.15, 0.2) is 0 Å². The quantitative estimate of drug-likeness (QED) is 0.765. The van der Waals surface area contributed by atoms with Crippen molar-refractivity contribution in [3.05, 3.63) is 0 Å². The molecule has 0 aromatic heterocycles. The molecule has 2 atom stereocenters. The molecule has 1 saturated carbocycles. The Hall–Kier alpha value is -0.0800. The number of hydrogen-bond donors (Lipinski definition) is 1. The second kappa shape index (κ2) is 4.42. The largest absolute Gasteiger partial charge is 0.309 e. The lowest BCUT2D eigenvalue weighted by Crippen LogP contribution is -2.63. The molecule has 0 spiro atoms. The van der Waals surface area contributed by atoms with Crippen molar-refractivity contribution in [3.63, 3.8) is 0 Å². The van der Waals surface area contributed by atoms with Crippen molar-refractivity contribution in [1.29, 1.82) is 0 Å². The molecule has 2 unspecified atom stereocenters. The molecule has 0 aromatic rings. The normalized spacial score (nSPS) is 38.2. The number of rotatable bonds is 4. The van der Waals surface area contributed by atoms with Gasteiger partial charge in [-0.15, -0.1) is 0 Å². The van der Waals surface area contributed by atoms with Crippen molar-refractivity contribution < 1.29 is 0 Å². The summed E-state index contributed by atoms with van der Waals surface area (Å²) in [4.78, 5) is 2.75. The van der Waals surface area contributed by atoms with Crippen molar-refractivity contribution in [2.24, 2.45) is 5.92 Å². The van der Waals surface area contributed by atoms with Crippen LogP contribution < -0.4 is 5.32 Å². The van der Waals surface area contributed by atoms with Gasteiger partial charge in [0.2, 0.25) is 0 Å². The molecule has 2 heteroatoms. The summed E-state index contributed by atoms with van der Waals surface area (Å²) in [5.74, 6) is 1.01. The Bertz CT molecular complexity index is 213. The highest BCUT2D eigenvalue weighted by Gasteiger charge is 2.41. The zero-order chi connectivity index (χ0) is 10.9. The topological polar surface area (TPSA) is 15.3 Å². The maximum Gasteiger partial charge on any atom is 0.0278 e. The van der Waals surface area contributed by atoms with E-state index in [1.165, 1.54) is 45.3 Å². The van der Waals surface area contributed by atoms with Crippen molar-refractivity contribution in [1.82, 2.24) is 10.2 Å². The van der Waals surface area contributed by atoms with E-state index in [2.05, 4.69) is 31.0 Å². The third-order valence-corrected chi connectivity index (χ3v) is 4.22. The fraction of sp³-hybridized carbons (Fsp3) is 1.00. The van der Waals surface area contributed by atoms with Gasteiger partial charge in [0.05, 0.1) is 0 Å². The van der Waals surface area contributed by atoms with Crippen LogP contribution in [-0.2, 0) is 0 Å². The first kappa shape index (κ1) is 11.4. The third kappa shape index (κ3) is 2.54. The van der Waals surface area contributed by atoms with Gasteiger partial charge in [0, 0.05) is 24.7 Å². The summed E-state index contributed by atoms with van der Waals surface area (Å²) in [5.41, 5.74) is 0.362. The molecular weight excluding hydrogens is 184 g/mol. The van der Waals surface area contributed by atoms with Crippen LogP contribution >= 0.6 is 0 Å². The Morgan fingerprint density at radius 2 is 2.07 bits per heavy atom. The standard InChI is InChI=1S/C13H26N2/c1-4-8-15-10-13(3,5-2)14-9-12(15)11-6-7-11/h11-12,14H,4-10H2,1-3H3. The van der Waals surface area contributed by atoms with Crippen LogP contribution in [0.4, 0.5) is 0 Å². The van der Waals surface area contributed by atoms with Crippen LogP contribution in [0.5, 0.6) is 0 Å². The molecule has 2 rings (SSSR count). The van der Waals surface area contributed by atoms with Crippen LogP contribution in [0.3, 0.4) is 0 Å². The highest BCUT2D eigenvalue weighted by molar-refractivity contribution is 4.99. The van der Waals surface area contributed by atoms with Gasteiger partial charge in [-0.2, -0.15) is 0 Å². The molecule has 0 amide bonds. The Balaban J connectivity index is 1.98. The molecule has 2 nitrogen and oxygen atoms in total. The number of nitrogens with one attached hydrogen (secondary N) is 1. The average Bonchev–Trinajstić information content (AvgIpc) is 3.03. The summed E-state index contributed by atoms with van der Waals surface area (Å²) >= 11 is 0. The molecule has 0 aromatic carbocycles. The lowest BCUT2D eigenvalue weighted by molar-refractivity contribution is 0.0729. The number of piperazine rings is 1. The van der Waals surface area contributed by atoms with E-state index < -0.39 is 0 Å². The zero-order valence-corrected chi connectivity index (χ0v) is 10.6. The molecule has 1 heterocycles. The van der Waals surface area contributed by atoms with Gasteiger partial charge in [-0.25, -0.2) is 0 Å². The van der Waals surface area contributed by atoms with Gasteiger partial charge in [-0.05, 0) is 45.1 Å². The molecule has 0 bridgehead atoms.